The molecular formula is C39H47N3O2. The van der Waals surface area contributed by atoms with Crippen molar-refractivity contribution in [3.63, 3.8) is 0 Å². The van der Waals surface area contributed by atoms with Gasteiger partial charge in [-0.2, -0.15) is 0 Å². The zero-order valence-electron chi connectivity index (χ0n) is 27.1. The Kier molecular flexibility index (Phi) is 11.9. The van der Waals surface area contributed by atoms with E-state index in [1.807, 2.05) is 74.2 Å². The summed E-state index contributed by atoms with van der Waals surface area (Å²) in [5.41, 5.74) is 5.81. The number of allylic oxidation sites excluding steroid dienone is 2. The number of nitrogens with zero attached hydrogens (tertiary/aromatic N) is 3. The summed E-state index contributed by atoms with van der Waals surface area (Å²) in [5, 5.41) is 0.565. The first-order chi connectivity index (χ1) is 21.5. The van der Waals surface area contributed by atoms with Gasteiger partial charge in [-0.25, -0.2) is 4.98 Å². The van der Waals surface area contributed by atoms with Gasteiger partial charge in [-0.1, -0.05) is 106 Å². The molecule has 230 valence electrons. The number of rotatable bonds is 11. The highest BCUT2D eigenvalue weighted by atomic mass is 16.2. The maximum absolute atomic E-state index is 14.2. The number of fused-ring (bicyclic) bond motifs is 1. The van der Waals surface area contributed by atoms with E-state index in [2.05, 4.69) is 56.3 Å². The maximum atomic E-state index is 14.2. The van der Waals surface area contributed by atoms with E-state index in [4.69, 9.17) is 4.98 Å². The number of carbonyl (C=O) groups is 1. The smallest absolute Gasteiger partial charge is 0.266 e. The standard InChI is InChI=1S/C37H41N3O2.C2H6/c1-4-6-12-28-19-21-29(22-20-28)25-35(41)39(26-30-13-8-7-9-14-30)34(5-2)36-38-33-16-11-10-15-32(33)37(42)40(36)31-23-17-27(3)18-24-31;1-2/h8,10-11,13-24,34H,4-7,9,12,25-26H2,1-3H3;1-2H3. The Bertz CT molecular complexity index is 1650. The number of benzene rings is 3. The lowest BCUT2D eigenvalue weighted by Crippen LogP contribution is -2.40. The van der Waals surface area contributed by atoms with Crippen molar-refractivity contribution in [3.8, 4) is 5.69 Å². The number of aromatic nitrogens is 2. The fourth-order valence-corrected chi connectivity index (χ4v) is 5.69. The summed E-state index contributed by atoms with van der Waals surface area (Å²) in [5.74, 6) is 0.620. The molecular weight excluding hydrogens is 542 g/mol. The normalized spacial score (nSPS) is 13.2. The van der Waals surface area contributed by atoms with Crippen molar-refractivity contribution in [2.75, 3.05) is 6.54 Å². The molecule has 5 heteroatoms. The number of amides is 1. The number of carbonyl (C=O) groups excluding carboxylic acids is 1. The lowest BCUT2D eigenvalue weighted by molar-refractivity contribution is -0.132. The van der Waals surface area contributed by atoms with Gasteiger partial charge in [-0.15, -0.1) is 0 Å². The molecule has 5 nitrogen and oxygen atoms in total. The van der Waals surface area contributed by atoms with E-state index in [0.29, 0.717) is 36.1 Å². The second-order valence-corrected chi connectivity index (χ2v) is 11.3. The summed E-state index contributed by atoms with van der Waals surface area (Å²) in [4.78, 5) is 35.3. The fourth-order valence-electron chi connectivity index (χ4n) is 5.69. The van der Waals surface area contributed by atoms with E-state index in [9.17, 15) is 9.59 Å². The second-order valence-electron chi connectivity index (χ2n) is 11.3. The van der Waals surface area contributed by atoms with Gasteiger partial charge in [0.2, 0.25) is 5.91 Å². The first kappa shape index (κ1) is 32.7. The molecule has 3 aromatic carbocycles. The summed E-state index contributed by atoms with van der Waals surface area (Å²) >= 11 is 0. The van der Waals surface area contributed by atoms with E-state index in [1.54, 1.807) is 4.57 Å². The van der Waals surface area contributed by atoms with Gasteiger partial charge in [0, 0.05) is 6.54 Å². The first-order valence-electron chi connectivity index (χ1n) is 16.3. The predicted octanol–water partition coefficient (Wildman–Crippen LogP) is 8.86. The SMILES string of the molecule is CC.CCCCc1ccc(CC(=O)N(CC2=CCCC=C2)C(CC)c2nc3ccccc3c(=O)n2-c2ccc(C)cc2)cc1. The Morgan fingerprint density at radius 3 is 2.30 bits per heavy atom. The summed E-state index contributed by atoms with van der Waals surface area (Å²) < 4.78 is 1.71. The minimum absolute atomic E-state index is 0.0286. The highest BCUT2D eigenvalue weighted by Crippen LogP contribution is 2.29. The fraction of sp³-hybridized carbons (Fsp3) is 0.359. The van der Waals surface area contributed by atoms with E-state index in [0.717, 1.165) is 54.5 Å². The Morgan fingerprint density at radius 2 is 1.64 bits per heavy atom. The lowest BCUT2D eigenvalue weighted by atomic mass is 10.0. The first-order valence-corrected chi connectivity index (χ1v) is 16.3. The molecule has 1 amide bonds. The number of hydrogen-bond acceptors (Lipinski definition) is 3. The zero-order chi connectivity index (χ0) is 31.5. The third kappa shape index (κ3) is 7.82. The van der Waals surface area contributed by atoms with Crippen LogP contribution in [0.4, 0.5) is 0 Å². The molecule has 0 saturated heterocycles. The molecule has 0 fully saturated rings. The number of para-hydroxylation sites is 1. The van der Waals surface area contributed by atoms with Crippen LogP contribution in [-0.4, -0.2) is 26.9 Å². The Hall–Kier alpha value is -4.25. The second kappa shape index (κ2) is 16.0. The topological polar surface area (TPSA) is 55.2 Å². The van der Waals surface area contributed by atoms with Crippen LogP contribution < -0.4 is 5.56 Å². The van der Waals surface area contributed by atoms with Gasteiger partial charge in [0.15, 0.2) is 0 Å². The third-order valence-corrected chi connectivity index (χ3v) is 8.10. The predicted molar refractivity (Wildman–Crippen MR) is 183 cm³/mol. The van der Waals surface area contributed by atoms with Crippen LogP contribution in [0.15, 0.2) is 101 Å². The van der Waals surface area contributed by atoms with Crippen molar-refractivity contribution >= 4 is 16.8 Å². The van der Waals surface area contributed by atoms with Crippen LogP contribution in [-0.2, 0) is 17.6 Å². The van der Waals surface area contributed by atoms with Crippen LogP contribution >= 0.6 is 0 Å². The molecule has 1 atom stereocenters. The van der Waals surface area contributed by atoms with Gasteiger partial charge in [-0.3, -0.25) is 14.2 Å². The van der Waals surface area contributed by atoms with Gasteiger partial charge < -0.3 is 4.90 Å². The molecule has 0 N–H and O–H groups in total. The van der Waals surface area contributed by atoms with Gasteiger partial charge in [0.25, 0.3) is 5.56 Å². The summed E-state index contributed by atoms with van der Waals surface area (Å²) in [6.07, 6.45) is 12.8. The van der Waals surface area contributed by atoms with Gasteiger partial charge in [-0.05, 0) is 80.0 Å². The summed E-state index contributed by atoms with van der Waals surface area (Å²) in [6.45, 7) is 10.8. The molecule has 0 aliphatic heterocycles. The third-order valence-electron chi connectivity index (χ3n) is 8.10. The molecule has 0 radical (unpaired) electrons. The maximum Gasteiger partial charge on any atom is 0.266 e. The molecule has 4 aromatic rings. The molecule has 5 rings (SSSR count). The monoisotopic (exact) mass is 589 g/mol. The lowest BCUT2D eigenvalue weighted by Gasteiger charge is -2.33. The van der Waals surface area contributed by atoms with Crippen LogP contribution in [0.3, 0.4) is 0 Å². The number of aryl methyl sites for hydroxylation is 2. The van der Waals surface area contributed by atoms with Crippen molar-refractivity contribution in [2.24, 2.45) is 0 Å². The molecule has 1 aliphatic rings. The Balaban J connectivity index is 0.00000216. The van der Waals surface area contributed by atoms with Crippen molar-refractivity contribution in [2.45, 2.75) is 85.6 Å². The van der Waals surface area contributed by atoms with Crippen molar-refractivity contribution < 1.29 is 4.79 Å². The van der Waals surface area contributed by atoms with E-state index in [1.165, 1.54) is 5.56 Å². The average Bonchev–Trinajstić information content (AvgIpc) is 3.06. The van der Waals surface area contributed by atoms with Gasteiger partial charge in [0.1, 0.15) is 5.82 Å². The van der Waals surface area contributed by atoms with Gasteiger partial charge >= 0.3 is 0 Å². The van der Waals surface area contributed by atoms with Crippen molar-refractivity contribution in [1.29, 1.82) is 0 Å². The molecule has 0 bridgehead atoms. The molecule has 1 unspecified atom stereocenters. The molecule has 0 saturated carbocycles. The summed E-state index contributed by atoms with van der Waals surface area (Å²) in [7, 11) is 0. The van der Waals surface area contributed by atoms with E-state index >= 15 is 0 Å². The van der Waals surface area contributed by atoms with Crippen LogP contribution in [0, 0.1) is 6.92 Å². The molecule has 1 aliphatic carbocycles. The summed E-state index contributed by atoms with van der Waals surface area (Å²) in [6, 6.07) is 23.5. The number of unbranched alkanes of at least 4 members (excludes halogenated alkanes) is 1. The number of hydrogen-bond donors (Lipinski definition) is 0. The van der Waals surface area contributed by atoms with Crippen LogP contribution in [0.25, 0.3) is 16.6 Å². The van der Waals surface area contributed by atoms with Crippen LogP contribution in [0.1, 0.15) is 88.4 Å². The van der Waals surface area contributed by atoms with Crippen LogP contribution in [0.2, 0.25) is 0 Å². The minimum Gasteiger partial charge on any atom is -0.328 e. The van der Waals surface area contributed by atoms with Crippen LogP contribution in [0.5, 0.6) is 0 Å². The molecule has 44 heavy (non-hydrogen) atoms. The minimum atomic E-state index is -0.392. The highest BCUT2D eigenvalue weighted by molar-refractivity contribution is 5.80. The molecule has 1 aromatic heterocycles. The van der Waals surface area contributed by atoms with Crippen molar-refractivity contribution in [1.82, 2.24) is 14.5 Å². The van der Waals surface area contributed by atoms with E-state index < -0.39 is 6.04 Å². The average molecular weight is 590 g/mol. The van der Waals surface area contributed by atoms with Crippen molar-refractivity contribution in [3.05, 3.63) is 129 Å². The van der Waals surface area contributed by atoms with Gasteiger partial charge in [0.05, 0.1) is 29.1 Å². The Morgan fingerprint density at radius 1 is 0.932 bits per heavy atom. The zero-order valence-corrected chi connectivity index (χ0v) is 27.1. The largest absolute Gasteiger partial charge is 0.328 e. The quantitative estimate of drug-likeness (QED) is 0.176. The molecule has 0 spiro atoms. The highest BCUT2D eigenvalue weighted by Gasteiger charge is 2.29. The Labute approximate surface area is 263 Å². The van der Waals surface area contributed by atoms with E-state index in [-0.39, 0.29) is 11.5 Å². The molecule has 1 heterocycles.